The van der Waals surface area contributed by atoms with Crippen LogP contribution in [-0.4, -0.2) is 11.6 Å². The number of amides is 1. The van der Waals surface area contributed by atoms with Gasteiger partial charge in [-0.2, -0.15) is 5.10 Å². The standard InChI is InChI=1S/C19H26N2O/c1-2-17(14-10-6-5-7-11-14)20-21-19(22)18-15-12-8-3-4-9-13-16(15)18/h5-7,10-11,15-16,18H,2-4,8-9,12-13H2,1H3,(H,21,22)/b20-17+. The van der Waals surface area contributed by atoms with Crippen molar-refractivity contribution >= 4 is 11.6 Å². The first kappa shape index (κ1) is 15.3. The van der Waals surface area contributed by atoms with Crippen molar-refractivity contribution in [3.05, 3.63) is 35.9 Å². The third kappa shape index (κ3) is 3.40. The molecule has 1 N–H and O–H groups in total. The molecule has 1 amide bonds. The summed E-state index contributed by atoms with van der Waals surface area (Å²) in [6.07, 6.45) is 8.53. The lowest BCUT2D eigenvalue weighted by atomic mass is 10.0. The van der Waals surface area contributed by atoms with Gasteiger partial charge in [0.25, 0.3) is 0 Å². The average molecular weight is 298 g/mol. The van der Waals surface area contributed by atoms with Crippen molar-refractivity contribution in [2.75, 3.05) is 0 Å². The van der Waals surface area contributed by atoms with Crippen LogP contribution in [0.4, 0.5) is 0 Å². The summed E-state index contributed by atoms with van der Waals surface area (Å²) in [4.78, 5) is 12.4. The van der Waals surface area contributed by atoms with Crippen LogP contribution in [0.1, 0.15) is 57.4 Å². The van der Waals surface area contributed by atoms with Crippen molar-refractivity contribution in [1.29, 1.82) is 0 Å². The zero-order valence-corrected chi connectivity index (χ0v) is 13.4. The minimum absolute atomic E-state index is 0.138. The number of fused-ring (bicyclic) bond motifs is 1. The van der Waals surface area contributed by atoms with Crippen molar-refractivity contribution in [1.82, 2.24) is 5.43 Å². The molecule has 0 heterocycles. The number of carbonyl (C=O) groups is 1. The van der Waals surface area contributed by atoms with Crippen LogP contribution in [0.3, 0.4) is 0 Å². The molecule has 0 saturated heterocycles. The Balaban J connectivity index is 1.61. The van der Waals surface area contributed by atoms with Crippen LogP contribution in [-0.2, 0) is 4.79 Å². The van der Waals surface area contributed by atoms with E-state index in [4.69, 9.17) is 0 Å². The van der Waals surface area contributed by atoms with Gasteiger partial charge in [-0.05, 0) is 36.7 Å². The predicted octanol–water partition coefficient (Wildman–Crippen LogP) is 4.13. The van der Waals surface area contributed by atoms with Crippen LogP contribution in [0, 0.1) is 17.8 Å². The van der Waals surface area contributed by atoms with E-state index in [1.165, 1.54) is 38.5 Å². The number of nitrogens with zero attached hydrogens (tertiary/aromatic N) is 1. The number of nitrogens with one attached hydrogen (secondary N) is 1. The number of carbonyl (C=O) groups excluding carboxylic acids is 1. The number of hydrazone groups is 1. The topological polar surface area (TPSA) is 41.5 Å². The molecule has 0 radical (unpaired) electrons. The first-order chi connectivity index (χ1) is 10.8. The fourth-order valence-corrected chi connectivity index (χ4v) is 3.91. The van der Waals surface area contributed by atoms with E-state index in [0.29, 0.717) is 11.8 Å². The van der Waals surface area contributed by atoms with E-state index in [1.807, 2.05) is 30.3 Å². The third-order valence-electron chi connectivity index (χ3n) is 5.20. The van der Waals surface area contributed by atoms with Crippen molar-refractivity contribution in [3.63, 3.8) is 0 Å². The molecule has 2 fully saturated rings. The van der Waals surface area contributed by atoms with E-state index < -0.39 is 0 Å². The summed E-state index contributed by atoms with van der Waals surface area (Å²) in [6, 6.07) is 10.1. The first-order valence-corrected chi connectivity index (χ1v) is 8.73. The molecule has 1 aromatic rings. The Labute approximate surface area is 133 Å². The van der Waals surface area contributed by atoms with Gasteiger partial charge in [0, 0.05) is 5.92 Å². The van der Waals surface area contributed by atoms with Crippen LogP contribution in [0.5, 0.6) is 0 Å². The molecule has 3 rings (SSSR count). The molecule has 118 valence electrons. The number of rotatable bonds is 4. The van der Waals surface area contributed by atoms with Gasteiger partial charge in [-0.25, -0.2) is 5.43 Å². The van der Waals surface area contributed by atoms with Gasteiger partial charge in [-0.1, -0.05) is 62.9 Å². The minimum Gasteiger partial charge on any atom is -0.273 e. The molecule has 2 aliphatic carbocycles. The maximum atomic E-state index is 12.4. The quantitative estimate of drug-likeness (QED) is 0.659. The molecule has 3 nitrogen and oxygen atoms in total. The molecule has 0 bridgehead atoms. The fraction of sp³-hybridized carbons (Fsp3) is 0.579. The maximum Gasteiger partial charge on any atom is 0.243 e. The summed E-state index contributed by atoms with van der Waals surface area (Å²) in [5, 5.41) is 4.40. The fourth-order valence-electron chi connectivity index (χ4n) is 3.91. The smallest absolute Gasteiger partial charge is 0.243 e. The highest BCUT2D eigenvalue weighted by atomic mass is 16.2. The summed E-state index contributed by atoms with van der Waals surface area (Å²) < 4.78 is 0. The normalized spacial score (nSPS) is 28.2. The van der Waals surface area contributed by atoms with Gasteiger partial charge >= 0.3 is 0 Å². The molecule has 0 aromatic heterocycles. The zero-order chi connectivity index (χ0) is 15.4. The SMILES string of the molecule is CC/C(=N\NC(=O)C1C2CCCCCCC21)c1ccccc1. The lowest BCUT2D eigenvalue weighted by Gasteiger charge is -2.05. The largest absolute Gasteiger partial charge is 0.273 e. The first-order valence-electron chi connectivity index (χ1n) is 8.73. The van der Waals surface area contributed by atoms with Gasteiger partial charge in [-0.15, -0.1) is 0 Å². The lowest BCUT2D eigenvalue weighted by molar-refractivity contribution is -0.122. The number of hydrogen-bond donors (Lipinski definition) is 1. The Bertz CT molecular complexity index is 524. The third-order valence-corrected chi connectivity index (χ3v) is 5.20. The van der Waals surface area contributed by atoms with Crippen LogP contribution in [0.25, 0.3) is 0 Å². The molecule has 3 heteroatoms. The molecular weight excluding hydrogens is 272 g/mol. The summed E-state index contributed by atoms with van der Waals surface area (Å²) in [6.45, 7) is 2.07. The molecule has 1 aromatic carbocycles. The highest BCUT2D eigenvalue weighted by Crippen LogP contribution is 2.53. The lowest BCUT2D eigenvalue weighted by Crippen LogP contribution is -2.23. The zero-order valence-electron chi connectivity index (χ0n) is 13.4. The second-order valence-electron chi connectivity index (χ2n) is 6.60. The monoisotopic (exact) mass is 298 g/mol. The summed E-state index contributed by atoms with van der Waals surface area (Å²) >= 11 is 0. The van der Waals surface area contributed by atoms with E-state index in [0.717, 1.165) is 17.7 Å². The summed E-state index contributed by atoms with van der Waals surface area (Å²) in [7, 11) is 0. The molecule has 2 unspecified atom stereocenters. The van der Waals surface area contributed by atoms with E-state index in [9.17, 15) is 4.79 Å². The molecule has 2 aliphatic rings. The molecular formula is C19H26N2O. The number of hydrogen-bond acceptors (Lipinski definition) is 2. The second kappa shape index (κ2) is 7.08. The number of benzene rings is 1. The Hall–Kier alpha value is -1.64. The van der Waals surface area contributed by atoms with Gasteiger partial charge < -0.3 is 0 Å². The Kier molecular flexibility index (Phi) is 4.91. The van der Waals surface area contributed by atoms with E-state index >= 15 is 0 Å². The molecule has 22 heavy (non-hydrogen) atoms. The Morgan fingerprint density at radius 1 is 1.09 bits per heavy atom. The summed E-state index contributed by atoms with van der Waals surface area (Å²) in [5.41, 5.74) is 4.88. The highest BCUT2D eigenvalue weighted by Gasteiger charge is 2.53. The van der Waals surface area contributed by atoms with Crippen LogP contribution in [0.2, 0.25) is 0 Å². The highest BCUT2D eigenvalue weighted by molar-refractivity contribution is 6.01. The molecule has 2 atom stereocenters. The molecule has 2 saturated carbocycles. The predicted molar refractivity (Wildman–Crippen MR) is 89.6 cm³/mol. The van der Waals surface area contributed by atoms with Crippen molar-refractivity contribution in [3.8, 4) is 0 Å². The van der Waals surface area contributed by atoms with E-state index in [-0.39, 0.29) is 11.8 Å². The van der Waals surface area contributed by atoms with E-state index in [1.54, 1.807) is 0 Å². The van der Waals surface area contributed by atoms with Gasteiger partial charge in [0.2, 0.25) is 5.91 Å². The van der Waals surface area contributed by atoms with E-state index in [2.05, 4.69) is 17.5 Å². The Morgan fingerprint density at radius 3 is 2.32 bits per heavy atom. The van der Waals surface area contributed by atoms with Crippen LogP contribution >= 0.6 is 0 Å². The van der Waals surface area contributed by atoms with Crippen molar-refractivity contribution in [2.24, 2.45) is 22.9 Å². The van der Waals surface area contributed by atoms with Crippen LogP contribution < -0.4 is 5.43 Å². The van der Waals surface area contributed by atoms with Gasteiger partial charge in [0.05, 0.1) is 5.71 Å². The minimum atomic E-state index is 0.138. The van der Waals surface area contributed by atoms with Gasteiger partial charge in [0.1, 0.15) is 0 Å². The van der Waals surface area contributed by atoms with Gasteiger partial charge in [0.15, 0.2) is 0 Å². The van der Waals surface area contributed by atoms with Crippen molar-refractivity contribution in [2.45, 2.75) is 51.9 Å². The summed E-state index contributed by atoms with van der Waals surface area (Å²) in [5.74, 6) is 1.60. The second-order valence-corrected chi connectivity index (χ2v) is 6.60. The van der Waals surface area contributed by atoms with Gasteiger partial charge in [-0.3, -0.25) is 4.79 Å². The van der Waals surface area contributed by atoms with Crippen LogP contribution in [0.15, 0.2) is 35.4 Å². The molecule has 0 aliphatic heterocycles. The van der Waals surface area contributed by atoms with Crippen molar-refractivity contribution < 1.29 is 4.79 Å². The average Bonchev–Trinajstić information content (AvgIpc) is 3.20. The maximum absolute atomic E-state index is 12.4. The molecule has 0 spiro atoms. The Morgan fingerprint density at radius 2 is 1.73 bits per heavy atom.